The minimum Gasteiger partial charge on any atom is -0.311 e. The molecule has 2 fully saturated rings. The Bertz CT molecular complexity index is 172. The third-order valence-electron chi connectivity index (χ3n) is 4.49. The summed E-state index contributed by atoms with van der Waals surface area (Å²) < 4.78 is 0. The highest BCUT2D eigenvalue weighted by Crippen LogP contribution is 2.28. The van der Waals surface area contributed by atoms with E-state index >= 15 is 0 Å². The van der Waals surface area contributed by atoms with Crippen LogP contribution in [0, 0.1) is 5.92 Å². The Balaban J connectivity index is 1.79. The zero-order valence-corrected chi connectivity index (χ0v) is 10.3. The molecule has 0 aliphatic heterocycles. The second-order valence-electron chi connectivity index (χ2n) is 5.56. The predicted molar refractivity (Wildman–Crippen MR) is 66.0 cm³/mol. The van der Waals surface area contributed by atoms with E-state index in [1.165, 1.54) is 64.2 Å². The number of hydrogen-bond donors (Lipinski definition) is 1. The van der Waals surface area contributed by atoms with E-state index in [0.717, 1.165) is 18.0 Å². The van der Waals surface area contributed by atoms with Crippen molar-refractivity contribution in [1.29, 1.82) is 0 Å². The molecule has 15 heavy (non-hydrogen) atoms. The molecule has 0 aromatic rings. The molecule has 0 bridgehead atoms. The zero-order chi connectivity index (χ0) is 10.5. The largest absolute Gasteiger partial charge is 0.311 e. The maximum absolute atomic E-state index is 3.96. The van der Waals surface area contributed by atoms with Gasteiger partial charge in [-0.25, -0.2) is 0 Å². The van der Waals surface area contributed by atoms with Gasteiger partial charge in [0.15, 0.2) is 0 Å². The lowest BCUT2D eigenvalue weighted by Crippen LogP contribution is -2.44. The lowest BCUT2D eigenvalue weighted by atomic mass is 9.81. The summed E-state index contributed by atoms with van der Waals surface area (Å²) in [5.41, 5.74) is 0. The Kier molecular flexibility index (Phi) is 4.49. The normalized spacial score (nSPS) is 34.2. The van der Waals surface area contributed by atoms with Gasteiger partial charge in [-0.2, -0.15) is 0 Å². The molecule has 0 radical (unpaired) electrons. The van der Waals surface area contributed by atoms with Crippen LogP contribution >= 0.6 is 0 Å². The van der Waals surface area contributed by atoms with Crippen molar-refractivity contribution in [2.45, 2.75) is 83.2 Å². The molecule has 0 spiro atoms. The van der Waals surface area contributed by atoms with Gasteiger partial charge < -0.3 is 5.32 Å². The van der Waals surface area contributed by atoms with Crippen LogP contribution in [0.5, 0.6) is 0 Å². The van der Waals surface area contributed by atoms with E-state index in [1.807, 2.05) is 0 Å². The van der Waals surface area contributed by atoms with Crippen LogP contribution in [0.1, 0.15) is 71.1 Å². The first-order chi connectivity index (χ1) is 7.40. The summed E-state index contributed by atoms with van der Waals surface area (Å²) in [7, 11) is 0. The van der Waals surface area contributed by atoms with Gasteiger partial charge in [0.25, 0.3) is 0 Å². The van der Waals surface area contributed by atoms with Crippen molar-refractivity contribution in [2.75, 3.05) is 0 Å². The Morgan fingerprint density at radius 2 is 1.53 bits per heavy atom. The van der Waals surface area contributed by atoms with E-state index < -0.39 is 0 Å². The van der Waals surface area contributed by atoms with Gasteiger partial charge in [0.2, 0.25) is 0 Å². The van der Waals surface area contributed by atoms with Crippen molar-refractivity contribution in [3.8, 4) is 0 Å². The second kappa shape index (κ2) is 5.89. The fourth-order valence-corrected chi connectivity index (χ4v) is 3.49. The Morgan fingerprint density at radius 3 is 2.27 bits per heavy atom. The van der Waals surface area contributed by atoms with Gasteiger partial charge >= 0.3 is 0 Å². The molecule has 2 aliphatic carbocycles. The van der Waals surface area contributed by atoms with Crippen LogP contribution < -0.4 is 5.32 Å². The summed E-state index contributed by atoms with van der Waals surface area (Å²) in [5.74, 6) is 0.973. The Hall–Kier alpha value is -0.0400. The van der Waals surface area contributed by atoms with Gasteiger partial charge in [0.1, 0.15) is 0 Å². The maximum atomic E-state index is 3.96. The number of nitrogens with one attached hydrogen (secondary N) is 1. The molecular weight excluding hydrogens is 182 g/mol. The van der Waals surface area contributed by atoms with Crippen molar-refractivity contribution < 1.29 is 0 Å². The summed E-state index contributed by atoms with van der Waals surface area (Å²) in [4.78, 5) is 0. The number of hydrogen-bond acceptors (Lipinski definition) is 1. The highest BCUT2D eigenvalue weighted by molar-refractivity contribution is 4.84. The standard InChI is InChI=1S/C14H27N/c1-2-12-8-6-7-11-14(12)15-13-9-4-3-5-10-13/h12-15H,2-11H2,1H3. The predicted octanol–water partition coefficient (Wildman–Crippen LogP) is 3.88. The average molecular weight is 209 g/mol. The Labute approximate surface area is 95.0 Å². The van der Waals surface area contributed by atoms with E-state index in [0.29, 0.717) is 0 Å². The van der Waals surface area contributed by atoms with Crippen LogP contribution in [0.15, 0.2) is 0 Å². The van der Waals surface area contributed by atoms with Crippen LogP contribution in [0.25, 0.3) is 0 Å². The highest BCUT2D eigenvalue weighted by Gasteiger charge is 2.26. The second-order valence-corrected chi connectivity index (χ2v) is 5.56. The molecule has 2 atom stereocenters. The zero-order valence-electron chi connectivity index (χ0n) is 10.3. The lowest BCUT2D eigenvalue weighted by molar-refractivity contribution is 0.218. The van der Waals surface area contributed by atoms with Crippen LogP contribution in [0.3, 0.4) is 0 Å². The third-order valence-corrected chi connectivity index (χ3v) is 4.49. The lowest BCUT2D eigenvalue weighted by Gasteiger charge is -2.36. The van der Waals surface area contributed by atoms with E-state index in [1.54, 1.807) is 0 Å². The van der Waals surface area contributed by atoms with Crippen LogP contribution in [0.2, 0.25) is 0 Å². The molecule has 2 aliphatic rings. The molecule has 0 saturated heterocycles. The molecule has 2 unspecified atom stereocenters. The smallest absolute Gasteiger partial charge is 0.00978 e. The maximum Gasteiger partial charge on any atom is 0.00978 e. The van der Waals surface area contributed by atoms with E-state index in [9.17, 15) is 0 Å². The van der Waals surface area contributed by atoms with Gasteiger partial charge in [-0.1, -0.05) is 45.4 Å². The van der Waals surface area contributed by atoms with Crippen LogP contribution in [-0.4, -0.2) is 12.1 Å². The summed E-state index contributed by atoms with van der Waals surface area (Å²) in [5, 5.41) is 3.96. The summed E-state index contributed by atoms with van der Waals surface area (Å²) in [6.07, 6.45) is 14.5. The molecule has 2 saturated carbocycles. The van der Waals surface area contributed by atoms with Crippen molar-refractivity contribution in [3.05, 3.63) is 0 Å². The van der Waals surface area contributed by atoms with Gasteiger partial charge in [0.05, 0.1) is 0 Å². The van der Waals surface area contributed by atoms with E-state index in [2.05, 4.69) is 12.2 Å². The minimum absolute atomic E-state index is 0.854. The topological polar surface area (TPSA) is 12.0 Å². The van der Waals surface area contributed by atoms with Crippen LogP contribution in [-0.2, 0) is 0 Å². The van der Waals surface area contributed by atoms with E-state index in [4.69, 9.17) is 0 Å². The monoisotopic (exact) mass is 209 g/mol. The molecule has 1 nitrogen and oxygen atoms in total. The third kappa shape index (κ3) is 3.21. The molecular formula is C14H27N. The molecule has 0 aromatic heterocycles. The Morgan fingerprint density at radius 1 is 0.867 bits per heavy atom. The highest BCUT2D eigenvalue weighted by atomic mass is 15.0. The fraction of sp³-hybridized carbons (Fsp3) is 1.00. The minimum atomic E-state index is 0.854. The van der Waals surface area contributed by atoms with Crippen molar-refractivity contribution >= 4 is 0 Å². The van der Waals surface area contributed by atoms with Gasteiger partial charge in [0, 0.05) is 12.1 Å². The molecule has 88 valence electrons. The van der Waals surface area contributed by atoms with E-state index in [-0.39, 0.29) is 0 Å². The molecule has 1 heteroatoms. The first-order valence-electron chi connectivity index (χ1n) is 7.16. The molecule has 2 rings (SSSR count). The van der Waals surface area contributed by atoms with Crippen molar-refractivity contribution in [3.63, 3.8) is 0 Å². The molecule has 0 heterocycles. The first-order valence-corrected chi connectivity index (χ1v) is 7.16. The first kappa shape index (κ1) is 11.4. The summed E-state index contributed by atoms with van der Waals surface area (Å²) in [6, 6.07) is 1.71. The molecule has 1 N–H and O–H groups in total. The van der Waals surface area contributed by atoms with Gasteiger partial charge in [-0.05, 0) is 31.6 Å². The summed E-state index contributed by atoms with van der Waals surface area (Å²) >= 11 is 0. The molecule has 0 aromatic carbocycles. The van der Waals surface area contributed by atoms with Crippen molar-refractivity contribution in [2.24, 2.45) is 5.92 Å². The average Bonchev–Trinajstić information content (AvgIpc) is 2.31. The fourth-order valence-electron chi connectivity index (χ4n) is 3.49. The quantitative estimate of drug-likeness (QED) is 0.744. The number of rotatable bonds is 3. The SMILES string of the molecule is CCC1CCCCC1NC1CCCCC1. The van der Waals surface area contributed by atoms with Gasteiger partial charge in [-0.3, -0.25) is 0 Å². The van der Waals surface area contributed by atoms with Crippen LogP contribution in [0.4, 0.5) is 0 Å². The van der Waals surface area contributed by atoms with Crippen molar-refractivity contribution in [1.82, 2.24) is 5.32 Å². The molecule has 0 amide bonds. The van der Waals surface area contributed by atoms with Gasteiger partial charge in [-0.15, -0.1) is 0 Å². The summed E-state index contributed by atoms with van der Waals surface area (Å²) in [6.45, 7) is 2.37.